The fourth-order valence-corrected chi connectivity index (χ4v) is 2.13. The van der Waals surface area contributed by atoms with E-state index in [0.717, 1.165) is 17.3 Å². The molecule has 22 heavy (non-hydrogen) atoms. The summed E-state index contributed by atoms with van der Waals surface area (Å²) in [6.07, 6.45) is 10.3. The van der Waals surface area contributed by atoms with Crippen molar-refractivity contribution in [2.24, 2.45) is 0 Å². The Labute approximate surface area is 137 Å². The van der Waals surface area contributed by atoms with E-state index in [4.69, 9.17) is 9.78 Å². The molecule has 0 aromatic rings. The summed E-state index contributed by atoms with van der Waals surface area (Å²) in [5.74, 6) is -0.254. The molecular formula is C18H38NO3+. The molecule has 4 nitrogen and oxygen atoms in total. The summed E-state index contributed by atoms with van der Waals surface area (Å²) < 4.78 is 1.06. The number of carbonyl (C=O) groups is 1. The van der Waals surface area contributed by atoms with Gasteiger partial charge in [-0.1, -0.05) is 32.1 Å². The molecule has 0 radical (unpaired) electrons. The number of carbonyl (C=O) groups excluding carboxylic acids is 1. The molecule has 4 heteroatoms. The first-order valence-corrected chi connectivity index (χ1v) is 8.79. The lowest BCUT2D eigenvalue weighted by Crippen LogP contribution is -2.35. The lowest BCUT2D eigenvalue weighted by molar-refractivity contribution is -0.870. The molecular weight excluding hydrogens is 278 g/mol. The zero-order valence-corrected chi connectivity index (χ0v) is 15.7. The monoisotopic (exact) mass is 316 g/mol. The highest BCUT2D eigenvalue weighted by atomic mass is 17.2. The van der Waals surface area contributed by atoms with Crippen LogP contribution in [0, 0.1) is 0 Å². The van der Waals surface area contributed by atoms with Crippen LogP contribution >= 0.6 is 0 Å². The summed E-state index contributed by atoms with van der Waals surface area (Å²) in [5.41, 5.74) is -0.429. The minimum absolute atomic E-state index is 0.254. The summed E-state index contributed by atoms with van der Waals surface area (Å²) >= 11 is 0. The van der Waals surface area contributed by atoms with Crippen LogP contribution in [0.15, 0.2) is 0 Å². The Morgan fingerprint density at radius 1 is 0.818 bits per heavy atom. The second-order valence-corrected chi connectivity index (χ2v) is 8.24. The third-order valence-corrected chi connectivity index (χ3v) is 3.34. The Balaban J connectivity index is 3.28. The zero-order chi connectivity index (χ0) is 17.1. The van der Waals surface area contributed by atoms with E-state index in [9.17, 15) is 4.79 Å². The van der Waals surface area contributed by atoms with Crippen LogP contribution in [0.25, 0.3) is 0 Å². The first-order valence-electron chi connectivity index (χ1n) is 8.79. The third-order valence-electron chi connectivity index (χ3n) is 3.34. The van der Waals surface area contributed by atoms with Gasteiger partial charge < -0.3 is 4.48 Å². The van der Waals surface area contributed by atoms with Crippen LogP contribution in [-0.2, 0) is 14.6 Å². The standard InChI is InChI=1S/C18H38NO3/c1-18(2,3)22-21-17(20)15-13-11-9-7-8-10-12-14-16-19(4,5)6/h7-16H2,1-6H3/q+1. The van der Waals surface area contributed by atoms with Crippen molar-refractivity contribution in [1.29, 1.82) is 0 Å². The van der Waals surface area contributed by atoms with Crippen LogP contribution in [0.1, 0.15) is 78.6 Å². The Morgan fingerprint density at radius 3 is 1.73 bits per heavy atom. The molecule has 0 spiro atoms. The second kappa shape index (κ2) is 11.0. The molecule has 0 fully saturated rings. The number of hydrogen-bond donors (Lipinski definition) is 0. The molecule has 0 heterocycles. The van der Waals surface area contributed by atoms with Crippen molar-refractivity contribution in [3.63, 3.8) is 0 Å². The number of hydrogen-bond acceptors (Lipinski definition) is 3. The van der Waals surface area contributed by atoms with E-state index >= 15 is 0 Å². The average Bonchev–Trinajstić information content (AvgIpc) is 2.36. The van der Waals surface area contributed by atoms with E-state index in [1.54, 1.807) is 0 Å². The van der Waals surface area contributed by atoms with Crippen molar-refractivity contribution in [3.05, 3.63) is 0 Å². The molecule has 0 bridgehead atoms. The average molecular weight is 317 g/mol. The highest BCUT2D eigenvalue weighted by Crippen LogP contribution is 2.12. The van der Waals surface area contributed by atoms with Crippen LogP contribution in [-0.4, -0.2) is 43.7 Å². The molecule has 0 N–H and O–H groups in total. The molecule has 0 aromatic heterocycles. The first kappa shape index (κ1) is 21.4. The van der Waals surface area contributed by atoms with E-state index in [2.05, 4.69) is 21.1 Å². The van der Waals surface area contributed by atoms with E-state index < -0.39 is 5.60 Å². The predicted molar refractivity (Wildman–Crippen MR) is 91.4 cm³/mol. The minimum atomic E-state index is -0.429. The van der Waals surface area contributed by atoms with Gasteiger partial charge in [-0.25, -0.2) is 4.79 Å². The lowest BCUT2D eigenvalue weighted by atomic mass is 10.1. The number of quaternary nitrogens is 1. The van der Waals surface area contributed by atoms with Crippen LogP contribution in [0.3, 0.4) is 0 Å². The molecule has 0 amide bonds. The maximum absolute atomic E-state index is 11.4. The van der Waals surface area contributed by atoms with Crippen LogP contribution < -0.4 is 0 Å². The zero-order valence-electron chi connectivity index (χ0n) is 15.7. The number of nitrogens with zero attached hydrogens (tertiary/aromatic N) is 1. The quantitative estimate of drug-likeness (QED) is 0.230. The number of unbranched alkanes of at least 4 members (excludes halogenated alkanes) is 7. The van der Waals surface area contributed by atoms with Crippen molar-refractivity contribution in [1.82, 2.24) is 0 Å². The van der Waals surface area contributed by atoms with Crippen LogP contribution in [0.4, 0.5) is 0 Å². The largest absolute Gasteiger partial charge is 0.342 e. The Kier molecular flexibility index (Phi) is 10.7. The van der Waals surface area contributed by atoms with Crippen molar-refractivity contribution >= 4 is 5.97 Å². The second-order valence-electron chi connectivity index (χ2n) is 8.24. The highest BCUT2D eigenvalue weighted by Gasteiger charge is 2.14. The lowest BCUT2D eigenvalue weighted by Gasteiger charge is -2.23. The maximum Gasteiger partial charge on any atom is 0.342 e. The van der Waals surface area contributed by atoms with Gasteiger partial charge in [0.05, 0.1) is 27.7 Å². The van der Waals surface area contributed by atoms with Gasteiger partial charge in [-0.15, -0.1) is 0 Å². The van der Waals surface area contributed by atoms with Crippen molar-refractivity contribution in [2.45, 2.75) is 84.2 Å². The Morgan fingerprint density at radius 2 is 1.27 bits per heavy atom. The molecule has 0 aliphatic heterocycles. The van der Waals surface area contributed by atoms with Gasteiger partial charge in [0.1, 0.15) is 5.60 Å². The van der Waals surface area contributed by atoms with Gasteiger partial charge >= 0.3 is 5.97 Å². The fourth-order valence-electron chi connectivity index (χ4n) is 2.13. The molecule has 0 atom stereocenters. The van der Waals surface area contributed by atoms with Gasteiger partial charge in [-0.3, -0.25) is 4.89 Å². The van der Waals surface area contributed by atoms with E-state index in [1.807, 2.05) is 20.8 Å². The van der Waals surface area contributed by atoms with Crippen molar-refractivity contribution in [3.8, 4) is 0 Å². The summed E-state index contributed by atoms with van der Waals surface area (Å²) in [6, 6.07) is 0. The molecule has 0 saturated heterocycles. The van der Waals surface area contributed by atoms with Gasteiger partial charge in [0.25, 0.3) is 0 Å². The molecule has 0 aliphatic rings. The van der Waals surface area contributed by atoms with E-state index in [0.29, 0.717) is 6.42 Å². The van der Waals surface area contributed by atoms with E-state index in [1.165, 1.54) is 45.1 Å². The highest BCUT2D eigenvalue weighted by molar-refractivity contribution is 5.68. The van der Waals surface area contributed by atoms with Gasteiger partial charge in [-0.05, 0) is 40.0 Å². The summed E-state index contributed by atoms with van der Waals surface area (Å²) in [7, 11) is 6.74. The molecule has 0 saturated carbocycles. The summed E-state index contributed by atoms with van der Waals surface area (Å²) in [4.78, 5) is 21.2. The van der Waals surface area contributed by atoms with Gasteiger partial charge in [0.15, 0.2) is 0 Å². The molecule has 0 aromatic carbocycles. The fraction of sp³-hybridized carbons (Fsp3) is 0.944. The topological polar surface area (TPSA) is 35.5 Å². The molecule has 132 valence electrons. The van der Waals surface area contributed by atoms with Gasteiger partial charge in [-0.2, -0.15) is 4.89 Å². The Bertz CT molecular complexity index is 290. The predicted octanol–water partition coefficient (Wildman–Crippen LogP) is 4.48. The molecule has 0 unspecified atom stereocenters. The summed E-state index contributed by atoms with van der Waals surface area (Å²) in [6.45, 7) is 6.85. The maximum atomic E-state index is 11.4. The van der Waals surface area contributed by atoms with Gasteiger partial charge in [0.2, 0.25) is 0 Å². The molecule has 0 rings (SSSR count). The smallest absolute Gasteiger partial charge is 0.331 e. The van der Waals surface area contributed by atoms with Crippen LogP contribution in [0.2, 0.25) is 0 Å². The van der Waals surface area contributed by atoms with Crippen LogP contribution in [0.5, 0.6) is 0 Å². The Hall–Kier alpha value is -0.610. The van der Waals surface area contributed by atoms with Crippen molar-refractivity contribution in [2.75, 3.05) is 27.7 Å². The molecule has 0 aliphatic carbocycles. The first-order chi connectivity index (χ1) is 10.1. The normalized spacial score (nSPS) is 12.5. The van der Waals surface area contributed by atoms with Gasteiger partial charge in [0, 0.05) is 6.42 Å². The van der Waals surface area contributed by atoms with Crippen molar-refractivity contribution < 1.29 is 19.1 Å². The summed E-state index contributed by atoms with van der Waals surface area (Å²) in [5, 5.41) is 0. The third kappa shape index (κ3) is 17.4. The number of rotatable bonds is 12. The van der Waals surface area contributed by atoms with E-state index in [-0.39, 0.29) is 5.97 Å². The minimum Gasteiger partial charge on any atom is -0.331 e. The SMILES string of the molecule is CC(C)(C)OOC(=O)CCCCCCCCCC[N+](C)(C)C.